The van der Waals surface area contributed by atoms with E-state index in [2.05, 4.69) is 13.2 Å². The standard InChI is InChI=1S/C12H20N2O2.C2H6.C2H4/c15-11-6-2-1-3-9-14(11)10-12(16)13-7-4-5-8-13;2*1-2/h1-10H2;1-2H3;1-2H2. The predicted octanol–water partition coefficient (Wildman–Crippen LogP) is 2.84. The molecule has 4 heteroatoms. The highest BCUT2D eigenvalue weighted by Crippen LogP contribution is 2.13. The van der Waals surface area contributed by atoms with Crippen LogP contribution in [0.3, 0.4) is 0 Å². The second kappa shape index (κ2) is 11.5. The quantitative estimate of drug-likeness (QED) is 0.731. The van der Waals surface area contributed by atoms with Crippen LogP contribution in [0.5, 0.6) is 0 Å². The lowest BCUT2D eigenvalue weighted by molar-refractivity contribution is -0.139. The summed E-state index contributed by atoms with van der Waals surface area (Å²) in [5, 5.41) is 0. The van der Waals surface area contributed by atoms with Gasteiger partial charge < -0.3 is 9.80 Å². The third-order valence-electron chi connectivity index (χ3n) is 3.46. The van der Waals surface area contributed by atoms with E-state index in [4.69, 9.17) is 0 Å². The number of amides is 2. The molecule has 0 spiro atoms. The van der Waals surface area contributed by atoms with Crippen molar-refractivity contribution in [3.8, 4) is 0 Å². The van der Waals surface area contributed by atoms with Crippen molar-refractivity contribution in [2.45, 2.75) is 52.4 Å². The third kappa shape index (κ3) is 6.22. The summed E-state index contributed by atoms with van der Waals surface area (Å²) >= 11 is 0. The van der Waals surface area contributed by atoms with Crippen molar-refractivity contribution in [1.29, 1.82) is 0 Å². The summed E-state index contributed by atoms with van der Waals surface area (Å²) in [6, 6.07) is 0. The van der Waals surface area contributed by atoms with E-state index in [-0.39, 0.29) is 11.8 Å². The monoisotopic (exact) mass is 282 g/mol. The lowest BCUT2D eigenvalue weighted by Gasteiger charge is -2.23. The van der Waals surface area contributed by atoms with Gasteiger partial charge in [-0.15, -0.1) is 13.2 Å². The van der Waals surface area contributed by atoms with Crippen LogP contribution in [-0.2, 0) is 9.59 Å². The maximum atomic E-state index is 11.9. The van der Waals surface area contributed by atoms with Crippen LogP contribution in [-0.4, -0.2) is 47.8 Å². The molecule has 116 valence electrons. The van der Waals surface area contributed by atoms with E-state index in [1.807, 2.05) is 18.7 Å². The minimum atomic E-state index is 0.132. The van der Waals surface area contributed by atoms with Gasteiger partial charge in [-0.3, -0.25) is 9.59 Å². The van der Waals surface area contributed by atoms with Gasteiger partial charge in [-0.1, -0.05) is 20.3 Å². The Labute approximate surface area is 123 Å². The molecule has 0 bridgehead atoms. The Morgan fingerprint density at radius 1 is 1.00 bits per heavy atom. The zero-order valence-corrected chi connectivity index (χ0v) is 13.2. The van der Waals surface area contributed by atoms with Crippen LogP contribution in [0, 0.1) is 0 Å². The van der Waals surface area contributed by atoms with Gasteiger partial charge >= 0.3 is 0 Å². The predicted molar refractivity (Wildman–Crippen MR) is 83.5 cm³/mol. The Hall–Kier alpha value is -1.32. The molecule has 0 N–H and O–H groups in total. The third-order valence-corrected chi connectivity index (χ3v) is 3.46. The van der Waals surface area contributed by atoms with Crippen molar-refractivity contribution in [1.82, 2.24) is 9.80 Å². The summed E-state index contributed by atoms with van der Waals surface area (Å²) in [5.74, 6) is 0.290. The summed E-state index contributed by atoms with van der Waals surface area (Å²) in [4.78, 5) is 27.3. The maximum Gasteiger partial charge on any atom is 0.242 e. The summed E-state index contributed by atoms with van der Waals surface area (Å²) in [7, 11) is 0. The molecule has 2 fully saturated rings. The van der Waals surface area contributed by atoms with Gasteiger partial charge in [-0.2, -0.15) is 0 Å². The number of likely N-dealkylation sites (tertiary alicyclic amines) is 2. The number of carbonyl (C=O) groups is 2. The molecule has 0 saturated carbocycles. The van der Waals surface area contributed by atoms with Crippen molar-refractivity contribution in [3.05, 3.63) is 13.2 Å². The first-order valence-corrected chi connectivity index (χ1v) is 7.83. The molecule has 0 atom stereocenters. The fourth-order valence-corrected chi connectivity index (χ4v) is 2.44. The van der Waals surface area contributed by atoms with Crippen LogP contribution in [0.2, 0.25) is 0 Å². The molecule has 0 radical (unpaired) electrons. The molecule has 2 amide bonds. The first-order valence-electron chi connectivity index (χ1n) is 7.83. The van der Waals surface area contributed by atoms with Crippen molar-refractivity contribution in [2.24, 2.45) is 0 Å². The number of nitrogens with zero attached hydrogens (tertiary/aromatic N) is 2. The molecule has 20 heavy (non-hydrogen) atoms. The van der Waals surface area contributed by atoms with E-state index in [1.54, 1.807) is 4.90 Å². The topological polar surface area (TPSA) is 40.6 Å². The Balaban J connectivity index is 0.000000829. The summed E-state index contributed by atoms with van der Waals surface area (Å²) in [5.41, 5.74) is 0. The van der Waals surface area contributed by atoms with Crippen molar-refractivity contribution >= 4 is 11.8 Å². The first-order chi connectivity index (χ1) is 9.77. The lowest BCUT2D eigenvalue weighted by Crippen LogP contribution is -2.41. The van der Waals surface area contributed by atoms with E-state index >= 15 is 0 Å². The zero-order chi connectivity index (χ0) is 15.4. The van der Waals surface area contributed by atoms with Gasteiger partial charge in [0.05, 0.1) is 6.54 Å². The van der Waals surface area contributed by atoms with E-state index in [1.165, 1.54) is 0 Å². The van der Waals surface area contributed by atoms with Crippen molar-refractivity contribution in [3.63, 3.8) is 0 Å². The second-order valence-electron chi connectivity index (χ2n) is 4.71. The molecule has 4 nitrogen and oxygen atoms in total. The van der Waals surface area contributed by atoms with E-state index < -0.39 is 0 Å². The smallest absolute Gasteiger partial charge is 0.242 e. The summed E-state index contributed by atoms with van der Waals surface area (Å²) in [6.45, 7) is 12.8. The highest BCUT2D eigenvalue weighted by Gasteiger charge is 2.23. The van der Waals surface area contributed by atoms with Crippen LogP contribution in [0.25, 0.3) is 0 Å². The number of hydrogen-bond acceptors (Lipinski definition) is 2. The highest BCUT2D eigenvalue weighted by atomic mass is 16.2. The molecule has 0 aromatic rings. The van der Waals surface area contributed by atoms with Crippen LogP contribution in [0.4, 0.5) is 0 Å². The first kappa shape index (κ1) is 18.7. The lowest BCUT2D eigenvalue weighted by atomic mass is 10.2. The van der Waals surface area contributed by atoms with Crippen LogP contribution in [0.1, 0.15) is 52.4 Å². The molecular weight excluding hydrogens is 252 g/mol. The van der Waals surface area contributed by atoms with Gasteiger partial charge in [-0.25, -0.2) is 0 Å². The van der Waals surface area contributed by atoms with Crippen LogP contribution >= 0.6 is 0 Å². The molecule has 2 heterocycles. The van der Waals surface area contributed by atoms with Crippen LogP contribution < -0.4 is 0 Å². The molecule has 0 aromatic carbocycles. The molecule has 0 unspecified atom stereocenters. The Kier molecular flexibility index (Phi) is 10.7. The van der Waals surface area contributed by atoms with Gasteiger partial charge in [0.15, 0.2) is 0 Å². The molecule has 2 aliphatic heterocycles. The van der Waals surface area contributed by atoms with Gasteiger partial charge in [0.2, 0.25) is 11.8 Å². The van der Waals surface area contributed by atoms with Crippen molar-refractivity contribution < 1.29 is 9.59 Å². The Morgan fingerprint density at radius 3 is 2.15 bits per heavy atom. The van der Waals surface area contributed by atoms with Crippen LogP contribution in [0.15, 0.2) is 13.2 Å². The minimum Gasteiger partial charge on any atom is -0.341 e. The average Bonchev–Trinajstić information content (AvgIpc) is 2.97. The van der Waals surface area contributed by atoms with Gasteiger partial charge in [-0.05, 0) is 25.7 Å². The highest BCUT2D eigenvalue weighted by molar-refractivity contribution is 5.85. The largest absolute Gasteiger partial charge is 0.341 e. The number of rotatable bonds is 2. The van der Waals surface area contributed by atoms with E-state index in [0.717, 1.165) is 51.7 Å². The number of carbonyl (C=O) groups excluding carboxylic acids is 2. The van der Waals surface area contributed by atoms with Gasteiger partial charge in [0.25, 0.3) is 0 Å². The summed E-state index contributed by atoms with van der Waals surface area (Å²) < 4.78 is 0. The van der Waals surface area contributed by atoms with Gasteiger partial charge in [0, 0.05) is 26.1 Å². The molecule has 2 saturated heterocycles. The van der Waals surface area contributed by atoms with Gasteiger partial charge in [0.1, 0.15) is 0 Å². The Morgan fingerprint density at radius 2 is 1.55 bits per heavy atom. The molecule has 0 aliphatic carbocycles. The molecule has 0 aromatic heterocycles. The number of hydrogen-bond donors (Lipinski definition) is 0. The second-order valence-corrected chi connectivity index (χ2v) is 4.71. The fraction of sp³-hybridized carbons (Fsp3) is 0.750. The van der Waals surface area contributed by atoms with E-state index in [0.29, 0.717) is 13.0 Å². The van der Waals surface area contributed by atoms with E-state index in [9.17, 15) is 9.59 Å². The summed E-state index contributed by atoms with van der Waals surface area (Å²) in [6.07, 6.45) is 5.97. The minimum absolute atomic E-state index is 0.132. The molecule has 2 rings (SSSR count). The SMILES string of the molecule is C=C.CC.O=C(CN1CCCCCC1=O)N1CCCC1. The molecule has 2 aliphatic rings. The Bertz CT molecular complexity index is 286. The molecular formula is C16H30N2O2. The average molecular weight is 282 g/mol. The fourth-order valence-electron chi connectivity index (χ4n) is 2.44. The normalized spacial score (nSPS) is 18.4. The van der Waals surface area contributed by atoms with Crippen molar-refractivity contribution in [2.75, 3.05) is 26.2 Å². The maximum absolute atomic E-state index is 11.9. The zero-order valence-electron chi connectivity index (χ0n) is 13.2.